The van der Waals surface area contributed by atoms with E-state index in [0.717, 1.165) is 37.3 Å². The summed E-state index contributed by atoms with van der Waals surface area (Å²) in [4.78, 5) is 2.44. The molecule has 0 aliphatic heterocycles. The maximum absolute atomic E-state index is 5.33. The van der Waals surface area contributed by atoms with Crippen LogP contribution in [-0.2, 0) is 24.4 Å². The van der Waals surface area contributed by atoms with Crippen molar-refractivity contribution in [1.82, 2.24) is 9.47 Å². The average Bonchev–Trinajstić information content (AvgIpc) is 3.08. The monoisotopic (exact) mass is 426 g/mol. The highest BCUT2D eigenvalue weighted by Gasteiger charge is 2.10. The summed E-state index contributed by atoms with van der Waals surface area (Å²) in [5.41, 5.74) is 5.28. The number of aromatic nitrogens is 1. The fourth-order valence-corrected chi connectivity index (χ4v) is 3.53. The zero-order valence-electron chi connectivity index (χ0n) is 16.1. The topological polar surface area (TPSA) is 17.4 Å². The second kappa shape index (κ2) is 9.88. The maximum atomic E-state index is 5.33. The molecule has 0 radical (unpaired) electrons. The lowest BCUT2D eigenvalue weighted by Gasteiger charge is -2.23. The SMILES string of the molecule is COCCN(Cc1ccc(Br)cc1)Cc1cccn1Cc1cccc(C)c1. The standard InChI is InChI=1S/C23H27BrN2O/c1-19-5-3-6-21(15-19)17-26-12-4-7-23(26)18-25(13-14-27-2)16-20-8-10-22(24)11-9-20/h3-12,15H,13-14,16-18H2,1-2H3. The molecule has 2 aromatic carbocycles. The minimum Gasteiger partial charge on any atom is -0.383 e. The molecule has 0 saturated carbocycles. The number of nitrogens with zero attached hydrogens (tertiary/aromatic N) is 2. The molecule has 3 nitrogen and oxygen atoms in total. The third kappa shape index (κ3) is 6.06. The van der Waals surface area contributed by atoms with Crippen molar-refractivity contribution in [3.05, 3.63) is 93.7 Å². The number of hydrogen-bond acceptors (Lipinski definition) is 2. The van der Waals surface area contributed by atoms with E-state index >= 15 is 0 Å². The van der Waals surface area contributed by atoms with Crippen molar-refractivity contribution in [3.8, 4) is 0 Å². The smallest absolute Gasteiger partial charge is 0.0589 e. The molecule has 3 aromatic rings. The summed E-state index contributed by atoms with van der Waals surface area (Å²) in [6.07, 6.45) is 2.17. The third-order valence-electron chi connectivity index (χ3n) is 4.68. The van der Waals surface area contributed by atoms with Crippen molar-refractivity contribution >= 4 is 15.9 Å². The van der Waals surface area contributed by atoms with Crippen LogP contribution in [0.15, 0.2) is 71.3 Å². The first-order valence-corrected chi connectivity index (χ1v) is 10.1. The zero-order valence-corrected chi connectivity index (χ0v) is 17.7. The lowest BCUT2D eigenvalue weighted by molar-refractivity contribution is 0.138. The van der Waals surface area contributed by atoms with Crippen LogP contribution < -0.4 is 0 Å². The second-order valence-electron chi connectivity index (χ2n) is 6.95. The molecule has 0 aliphatic carbocycles. The van der Waals surface area contributed by atoms with Gasteiger partial charge in [-0.15, -0.1) is 0 Å². The minimum absolute atomic E-state index is 0.731. The lowest BCUT2D eigenvalue weighted by atomic mass is 10.1. The molecule has 0 N–H and O–H groups in total. The summed E-state index contributed by atoms with van der Waals surface area (Å²) in [5.74, 6) is 0. The summed E-state index contributed by atoms with van der Waals surface area (Å²) >= 11 is 3.51. The number of aryl methyl sites for hydroxylation is 1. The first-order chi connectivity index (χ1) is 13.1. The van der Waals surface area contributed by atoms with E-state index < -0.39 is 0 Å². The highest BCUT2D eigenvalue weighted by atomic mass is 79.9. The van der Waals surface area contributed by atoms with Gasteiger partial charge in [0.2, 0.25) is 0 Å². The largest absolute Gasteiger partial charge is 0.383 e. The molecular weight excluding hydrogens is 400 g/mol. The Morgan fingerprint density at radius 2 is 1.78 bits per heavy atom. The Morgan fingerprint density at radius 1 is 0.963 bits per heavy atom. The van der Waals surface area contributed by atoms with Crippen molar-refractivity contribution < 1.29 is 4.74 Å². The molecule has 1 heterocycles. The first-order valence-electron chi connectivity index (χ1n) is 9.29. The summed E-state index contributed by atoms with van der Waals surface area (Å²) < 4.78 is 8.79. The summed E-state index contributed by atoms with van der Waals surface area (Å²) in [7, 11) is 1.76. The number of rotatable bonds is 9. The highest BCUT2D eigenvalue weighted by molar-refractivity contribution is 9.10. The Bertz CT molecular complexity index is 842. The molecule has 1 aromatic heterocycles. The van der Waals surface area contributed by atoms with Crippen molar-refractivity contribution in [2.45, 2.75) is 26.6 Å². The van der Waals surface area contributed by atoms with Crippen molar-refractivity contribution in [2.24, 2.45) is 0 Å². The van der Waals surface area contributed by atoms with E-state index in [2.05, 4.69) is 99.2 Å². The van der Waals surface area contributed by atoms with Gasteiger partial charge in [-0.05, 0) is 42.3 Å². The van der Waals surface area contributed by atoms with Gasteiger partial charge in [-0.1, -0.05) is 57.9 Å². The van der Waals surface area contributed by atoms with E-state index in [1.165, 1.54) is 22.4 Å². The molecule has 142 valence electrons. The predicted octanol–water partition coefficient (Wildman–Crippen LogP) is 5.26. The van der Waals surface area contributed by atoms with Gasteiger partial charge in [0.05, 0.1) is 6.61 Å². The minimum atomic E-state index is 0.731. The van der Waals surface area contributed by atoms with E-state index in [1.807, 2.05) is 0 Å². The number of halogens is 1. The van der Waals surface area contributed by atoms with Crippen LogP contribution in [0.4, 0.5) is 0 Å². The quantitative estimate of drug-likeness (QED) is 0.464. The molecule has 0 unspecified atom stereocenters. The van der Waals surface area contributed by atoms with E-state index in [9.17, 15) is 0 Å². The van der Waals surface area contributed by atoms with Gasteiger partial charge >= 0.3 is 0 Å². The van der Waals surface area contributed by atoms with Gasteiger partial charge in [0.15, 0.2) is 0 Å². The van der Waals surface area contributed by atoms with Gasteiger partial charge in [-0.2, -0.15) is 0 Å². The molecule has 0 fully saturated rings. The predicted molar refractivity (Wildman–Crippen MR) is 115 cm³/mol. The molecular formula is C23H27BrN2O. The summed E-state index contributed by atoms with van der Waals surface area (Å²) in [5, 5.41) is 0. The number of methoxy groups -OCH3 is 1. The highest BCUT2D eigenvalue weighted by Crippen LogP contribution is 2.16. The lowest BCUT2D eigenvalue weighted by Crippen LogP contribution is -2.27. The first kappa shape index (κ1) is 19.9. The molecule has 0 bridgehead atoms. The Kier molecular flexibility index (Phi) is 7.27. The molecule has 27 heavy (non-hydrogen) atoms. The van der Waals surface area contributed by atoms with Crippen molar-refractivity contribution in [3.63, 3.8) is 0 Å². The van der Waals surface area contributed by atoms with E-state index in [-0.39, 0.29) is 0 Å². The van der Waals surface area contributed by atoms with E-state index in [4.69, 9.17) is 4.74 Å². The van der Waals surface area contributed by atoms with Crippen LogP contribution in [0.1, 0.15) is 22.4 Å². The van der Waals surface area contributed by atoms with Crippen LogP contribution in [0.25, 0.3) is 0 Å². The molecule has 0 aliphatic rings. The Balaban J connectivity index is 1.71. The van der Waals surface area contributed by atoms with E-state index in [1.54, 1.807) is 7.11 Å². The fourth-order valence-electron chi connectivity index (χ4n) is 3.27. The molecule has 4 heteroatoms. The van der Waals surface area contributed by atoms with Gasteiger partial charge in [0, 0.05) is 49.7 Å². The number of hydrogen-bond donors (Lipinski definition) is 0. The average molecular weight is 427 g/mol. The third-order valence-corrected chi connectivity index (χ3v) is 5.20. The summed E-state index contributed by atoms with van der Waals surface area (Å²) in [6, 6.07) is 21.6. The van der Waals surface area contributed by atoms with Crippen molar-refractivity contribution in [1.29, 1.82) is 0 Å². The number of ether oxygens (including phenoxy) is 1. The fraction of sp³-hybridized carbons (Fsp3) is 0.304. The van der Waals surface area contributed by atoms with Crippen LogP contribution >= 0.6 is 15.9 Å². The van der Waals surface area contributed by atoms with Crippen molar-refractivity contribution in [2.75, 3.05) is 20.3 Å². The van der Waals surface area contributed by atoms with Crippen LogP contribution in [-0.4, -0.2) is 29.7 Å². The van der Waals surface area contributed by atoms with Crippen LogP contribution in [0.5, 0.6) is 0 Å². The molecule has 0 saturated heterocycles. The number of benzene rings is 2. The van der Waals surface area contributed by atoms with Gasteiger partial charge in [-0.3, -0.25) is 4.90 Å². The van der Waals surface area contributed by atoms with Crippen LogP contribution in [0.3, 0.4) is 0 Å². The Labute approximate surface area is 170 Å². The maximum Gasteiger partial charge on any atom is 0.0589 e. The summed E-state index contributed by atoms with van der Waals surface area (Å²) in [6.45, 7) is 6.49. The van der Waals surface area contributed by atoms with Gasteiger partial charge in [0.1, 0.15) is 0 Å². The normalized spacial score (nSPS) is 11.3. The van der Waals surface area contributed by atoms with Gasteiger partial charge < -0.3 is 9.30 Å². The molecule has 0 amide bonds. The van der Waals surface area contributed by atoms with Gasteiger partial charge in [0.25, 0.3) is 0 Å². The Morgan fingerprint density at radius 3 is 2.52 bits per heavy atom. The van der Waals surface area contributed by atoms with E-state index in [0.29, 0.717) is 0 Å². The van der Waals surface area contributed by atoms with Crippen LogP contribution in [0, 0.1) is 6.92 Å². The second-order valence-corrected chi connectivity index (χ2v) is 7.86. The molecule has 3 rings (SSSR count). The Hall–Kier alpha value is -1.88. The molecule has 0 spiro atoms. The zero-order chi connectivity index (χ0) is 19.1. The van der Waals surface area contributed by atoms with Crippen LogP contribution in [0.2, 0.25) is 0 Å². The van der Waals surface area contributed by atoms with Gasteiger partial charge in [-0.25, -0.2) is 0 Å². The molecule has 0 atom stereocenters.